The van der Waals surface area contributed by atoms with Gasteiger partial charge in [0, 0.05) is 24.2 Å². The van der Waals surface area contributed by atoms with Crippen molar-refractivity contribution in [3.05, 3.63) is 42.1 Å². The van der Waals surface area contributed by atoms with Crippen LogP contribution in [0.15, 0.2) is 35.9 Å². The summed E-state index contributed by atoms with van der Waals surface area (Å²) in [6.07, 6.45) is 8.01. The van der Waals surface area contributed by atoms with Gasteiger partial charge in [-0.3, -0.25) is 4.98 Å². The van der Waals surface area contributed by atoms with Gasteiger partial charge in [-0.25, -0.2) is 9.97 Å². The predicted molar refractivity (Wildman–Crippen MR) is 95.3 cm³/mol. The molecule has 0 aliphatic heterocycles. The third kappa shape index (κ3) is 3.25. The Kier molecular flexibility index (Phi) is 4.43. The average molecular weight is 352 g/mol. The van der Waals surface area contributed by atoms with Crippen LogP contribution in [0.3, 0.4) is 0 Å². The number of rotatable bonds is 4. The van der Waals surface area contributed by atoms with Crippen molar-refractivity contribution in [1.29, 1.82) is 0 Å². The van der Waals surface area contributed by atoms with Crippen LogP contribution in [-0.4, -0.2) is 37.5 Å². The summed E-state index contributed by atoms with van der Waals surface area (Å²) in [4.78, 5) is 19.4. The average Bonchev–Trinajstić information content (AvgIpc) is 3.17. The molecule has 0 bridgehead atoms. The monoisotopic (exact) mass is 352 g/mol. The van der Waals surface area contributed by atoms with E-state index in [4.69, 9.17) is 9.82 Å². The second kappa shape index (κ2) is 7.02. The second-order valence-electron chi connectivity index (χ2n) is 5.51. The third-order valence-corrected chi connectivity index (χ3v) is 4.84. The standard InChI is InChI=1S/C17H16N6OS/c1-2-24-23-13-7-3-6-12-15(13)20-16(22-21-12)14-10-19-17(25-14)11-5-4-8-18-9-11/h4-5,8-10H,2-3,6-7H2,1H3. The topological polar surface area (TPSA) is 86.0 Å². The molecule has 0 saturated heterocycles. The fourth-order valence-electron chi connectivity index (χ4n) is 2.62. The third-order valence-electron chi connectivity index (χ3n) is 3.80. The Morgan fingerprint density at radius 1 is 1.24 bits per heavy atom. The van der Waals surface area contributed by atoms with Gasteiger partial charge in [-0.05, 0) is 38.3 Å². The molecule has 4 rings (SSSR count). The fraction of sp³-hybridized carbons (Fsp3) is 0.294. The van der Waals surface area contributed by atoms with Crippen LogP contribution in [0.1, 0.15) is 31.2 Å². The molecule has 3 aromatic rings. The maximum atomic E-state index is 5.22. The van der Waals surface area contributed by atoms with Crippen LogP contribution in [0.2, 0.25) is 0 Å². The SMILES string of the molecule is CCON=C1CCCc2nnc(-c3cnc(-c4cccnc4)s3)nc21. The quantitative estimate of drug-likeness (QED) is 0.671. The van der Waals surface area contributed by atoms with E-state index < -0.39 is 0 Å². The molecule has 0 saturated carbocycles. The Morgan fingerprint density at radius 2 is 2.20 bits per heavy atom. The van der Waals surface area contributed by atoms with Crippen LogP contribution in [-0.2, 0) is 11.3 Å². The normalized spacial score (nSPS) is 15.2. The highest BCUT2D eigenvalue weighted by atomic mass is 32.1. The number of hydrogen-bond acceptors (Lipinski definition) is 8. The van der Waals surface area contributed by atoms with Crippen molar-refractivity contribution in [3.8, 4) is 21.3 Å². The molecular formula is C17H16N6OS. The number of thiazole rings is 1. The lowest BCUT2D eigenvalue weighted by Crippen LogP contribution is -2.18. The molecule has 1 aliphatic carbocycles. The maximum absolute atomic E-state index is 5.22. The van der Waals surface area contributed by atoms with E-state index in [0.29, 0.717) is 12.4 Å². The lowest BCUT2D eigenvalue weighted by molar-refractivity contribution is 0.158. The molecule has 0 radical (unpaired) electrons. The van der Waals surface area contributed by atoms with E-state index >= 15 is 0 Å². The number of fused-ring (bicyclic) bond motifs is 1. The molecule has 0 aromatic carbocycles. The Morgan fingerprint density at radius 3 is 3.04 bits per heavy atom. The van der Waals surface area contributed by atoms with Crippen molar-refractivity contribution < 1.29 is 4.84 Å². The van der Waals surface area contributed by atoms with Gasteiger partial charge in [-0.2, -0.15) is 5.10 Å². The first kappa shape index (κ1) is 15.8. The molecule has 0 unspecified atom stereocenters. The molecule has 7 nitrogen and oxygen atoms in total. The predicted octanol–water partition coefficient (Wildman–Crippen LogP) is 3.13. The molecule has 3 heterocycles. The number of pyridine rings is 1. The molecule has 0 N–H and O–H groups in total. The number of aromatic nitrogens is 5. The summed E-state index contributed by atoms with van der Waals surface area (Å²) < 4.78 is 0. The molecule has 3 aromatic heterocycles. The van der Waals surface area contributed by atoms with Crippen molar-refractivity contribution in [2.75, 3.05) is 6.61 Å². The summed E-state index contributed by atoms with van der Waals surface area (Å²) in [5, 5.41) is 13.7. The Balaban J connectivity index is 1.69. The number of oxime groups is 1. The van der Waals surface area contributed by atoms with Gasteiger partial charge < -0.3 is 4.84 Å². The first-order chi connectivity index (χ1) is 12.3. The van der Waals surface area contributed by atoms with Crippen molar-refractivity contribution in [1.82, 2.24) is 25.1 Å². The largest absolute Gasteiger partial charge is 0.396 e. The molecular weight excluding hydrogens is 336 g/mol. The van der Waals surface area contributed by atoms with Crippen LogP contribution in [0, 0.1) is 0 Å². The van der Waals surface area contributed by atoms with Crippen molar-refractivity contribution in [2.45, 2.75) is 26.2 Å². The summed E-state index contributed by atoms with van der Waals surface area (Å²) in [6, 6.07) is 3.87. The fourth-order valence-corrected chi connectivity index (χ4v) is 3.46. The second-order valence-corrected chi connectivity index (χ2v) is 6.54. The van der Waals surface area contributed by atoms with Gasteiger partial charge in [0.15, 0.2) is 5.82 Å². The van der Waals surface area contributed by atoms with Crippen LogP contribution in [0.25, 0.3) is 21.3 Å². The number of hydrogen-bond donors (Lipinski definition) is 0. The molecule has 0 fully saturated rings. The first-order valence-corrected chi connectivity index (χ1v) is 8.96. The molecule has 0 atom stereocenters. The molecule has 8 heteroatoms. The molecule has 126 valence electrons. The van der Waals surface area contributed by atoms with Gasteiger partial charge in [0.05, 0.1) is 10.6 Å². The van der Waals surface area contributed by atoms with Crippen molar-refractivity contribution in [3.63, 3.8) is 0 Å². The highest BCUT2D eigenvalue weighted by Gasteiger charge is 2.22. The highest BCUT2D eigenvalue weighted by Crippen LogP contribution is 2.30. The summed E-state index contributed by atoms with van der Waals surface area (Å²) in [7, 11) is 0. The summed E-state index contributed by atoms with van der Waals surface area (Å²) in [6.45, 7) is 2.45. The zero-order valence-electron chi connectivity index (χ0n) is 13.7. The van der Waals surface area contributed by atoms with Crippen LogP contribution in [0.4, 0.5) is 0 Å². The molecule has 0 spiro atoms. The Labute approximate surface area is 148 Å². The molecule has 0 amide bonds. The minimum Gasteiger partial charge on any atom is -0.396 e. The van der Waals surface area contributed by atoms with Gasteiger partial charge in [-0.1, -0.05) is 5.16 Å². The van der Waals surface area contributed by atoms with Gasteiger partial charge in [0.2, 0.25) is 0 Å². The maximum Gasteiger partial charge on any atom is 0.194 e. The van der Waals surface area contributed by atoms with Crippen molar-refractivity contribution in [2.24, 2.45) is 5.16 Å². The minimum atomic E-state index is 0.535. The summed E-state index contributed by atoms with van der Waals surface area (Å²) >= 11 is 1.52. The lowest BCUT2D eigenvalue weighted by atomic mass is 9.99. The first-order valence-electron chi connectivity index (χ1n) is 8.14. The van der Waals surface area contributed by atoms with E-state index in [2.05, 4.69) is 25.3 Å². The van der Waals surface area contributed by atoms with Gasteiger partial charge in [-0.15, -0.1) is 16.4 Å². The summed E-state index contributed by atoms with van der Waals surface area (Å²) in [5.41, 5.74) is 3.49. The molecule has 1 aliphatic rings. The van der Waals surface area contributed by atoms with E-state index in [1.54, 1.807) is 18.6 Å². The van der Waals surface area contributed by atoms with Gasteiger partial charge in [0.25, 0.3) is 0 Å². The zero-order valence-corrected chi connectivity index (χ0v) is 14.5. The van der Waals surface area contributed by atoms with Gasteiger partial charge >= 0.3 is 0 Å². The van der Waals surface area contributed by atoms with Crippen molar-refractivity contribution >= 4 is 17.0 Å². The van der Waals surface area contributed by atoms with Crippen LogP contribution < -0.4 is 0 Å². The lowest BCUT2D eigenvalue weighted by Gasteiger charge is -2.15. The highest BCUT2D eigenvalue weighted by molar-refractivity contribution is 7.18. The van der Waals surface area contributed by atoms with E-state index in [1.807, 2.05) is 19.1 Å². The number of nitrogens with zero attached hydrogens (tertiary/aromatic N) is 6. The Hall–Kier alpha value is -2.74. The van der Waals surface area contributed by atoms with E-state index in [9.17, 15) is 0 Å². The number of aryl methyl sites for hydroxylation is 1. The smallest absolute Gasteiger partial charge is 0.194 e. The van der Waals surface area contributed by atoms with Crippen LogP contribution in [0.5, 0.6) is 0 Å². The van der Waals surface area contributed by atoms with E-state index in [0.717, 1.165) is 51.8 Å². The minimum absolute atomic E-state index is 0.535. The van der Waals surface area contributed by atoms with E-state index in [1.165, 1.54) is 11.3 Å². The zero-order chi connectivity index (χ0) is 17.1. The molecule has 25 heavy (non-hydrogen) atoms. The van der Waals surface area contributed by atoms with E-state index in [-0.39, 0.29) is 0 Å². The summed E-state index contributed by atoms with van der Waals surface area (Å²) in [5.74, 6) is 0.567. The van der Waals surface area contributed by atoms with Gasteiger partial charge in [0.1, 0.15) is 23.0 Å². The van der Waals surface area contributed by atoms with Crippen LogP contribution >= 0.6 is 11.3 Å². The Bertz CT molecular complexity index is 909.